The number of nitrogens with two attached hydrogens (primary N) is 1. The molecule has 0 radical (unpaired) electrons. The smallest absolute Gasteiger partial charge is 0.289 e. The minimum atomic E-state index is 0.560. The molecule has 5 nitrogen and oxygen atoms in total. The first-order chi connectivity index (χ1) is 7.22. The summed E-state index contributed by atoms with van der Waals surface area (Å²) in [6.07, 6.45) is 2.65. The average Bonchev–Trinajstić information content (AvgIpc) is 2.23. The number of hydrogen-bond acceptors (Lipinski definition) is 4. The Morgan fingerprint density at radius 1 is 1.53 bits per heavy atom. The van der Waals surface area contributed by atoms with Crippen molar-refractivity contribution in [3.8, 4) is 0 Å². The van der Waals surface area contributed by atoms with Crippen molar-refractivity contribution < 1.29 is 4.73 Å². The van der Waals surface area contributed by atoms with Crippen LogP contribution in [0.4, 0.5) is 11.4 Å². The van der Waals surface area contributed by atoms with E-state index in [4.69, 9.17) is 5.73 Å². The summed E-state index contributed by atoms with van der Waals surface area (Å²) in [6.45, 7) is 2.80. The number of nitrogens with one attached hydrogen (secondary N) is 1. The molecule has 0 saturated heterocycles. The highest BCUT2D eigenvalue weighted by Gasteiger charge is 2.09. The van der Waals surface area contributed by atoms with Crippen LogP contribution in [0.1, 0.15) is 6.92 Å². The molecule has 0 aliphatic heterocycles. The molecule has 1 aromatic heterocycles. The van der Waals surface area contributed by atoms with Crippen molar-refractivity contribution in [3.05, 3.63) is 29.9 Å². The third-order valence-corrected chi connectivity index (χ3v) is 2.18. The molecular weight excluding hydrogens is 192 g/mol. The molecule has 1 heterocycles. The number of fused-ring (bicyclic) bond motifs is 1. The molecule has 0 unspecified atom stereocenters. The normalized spacial score (nSPS) is 10.5. The van der Waals surface area contributed by atoms with Gasteiger partial charge in [-0.15, -0.1) is 0 Å². The Morgan fingerprint density at radius 2 is 2.33 bits per heavy atom. The maximum absolute atomic E-state index is 11.1. The second kappa shape index (κ2) is 3.61. The lowest BCUT2D eigenvalue weighted by Gasteiger charge is -2.07. The van der Waals surface area contributed by atoms with Crippen LogP contribution in [0.2, 0.25) is 0 Å². The third kappa shape index (κ3) is 1.63. The molecule has 3 N–H and O–H groups in total. The van der Waals surface area contributed by atoms with E-state index in [1.807, 2.05) is 13.0 Å². The molecule has 0 saturated carbocycles. The first kappa shape index (κ1) is 9.51. The topological polar surface area (TPSA) is 77.9 Å². The van der Waals surface area contributed by atoms with Crippen molar-refractivity contribution in [2.45, 2.75) is 6.92 Å². The summed E-state index contributed by atoms with van der Waals surface area (Å²) in [4.78, 5) is 4.07. The van der Waals surface area contributed by atoms with Gasteiger partial charge in [-0.2, -0.15) is 0 Å². The first-order valence-corrected chi connectivity index (χ1v) is 4.73. The monoisotopic (exact) mass is 204 g/mol. The zero-order valence-electron chi connectivity index (χ0n) is 8.40. The van der Waals surface area contributed by atoms with E-state index in [2.05, 4.69) is 10.3 Å². The number of anilines is 2. The van der Waals surface area contributed by atoms with E-state index in [0.29, 0.717) is 15.8 Å². The van der Waals surface area contributed by atoms with Gasteiger partial charge in [-0.1, -0.05) is 0 Å². The van der Waals surface area contributed by atoms with Crippen molar-refractivity contribution in [3.63, 3.8) is 0 Å². The van der Waals surface area contributed by atoms with Crippen molar-refractivity contribution in [2.75, 3.05) is 17.6 Å². The SMILES string of the molecule is CCNc1ccc(N)c2c[n+]([O-])cnc12. The van der Waals surface area contributed by atoms with E-state index in [-0.39, 0.29) is 0 Å². The Morgan fingerprint density at radius 3 is 3.07 bits per heavy atom. The summed E-state index contributed by atoms with van der Waals surface area (Å²) in [5.41, 5.74) is 7.95. The molecule has 78 valence electrons. The van der Waals surface area contributed by atoms with Gasteiger partial charge in [0.1, 0.15) is 6.20 Å². The van der Waals surface area contributed by atoms with E-state index in [9.17, 15) is 5.21 Å². The Balaban J connectivity index is 2.71. The number of rotatable bonds is 2. The minimum absolute atomic E-state index is 0.560. The van der Waals surface area contributed by atoms with Gasteiger partial charge < -0.3 is 16.3 Å². The van der Waals surface area contributed by atoms with Crippen LogP contribution in [-0.4, -0.2) is 11.5 Å². The largest absolute Gasteiger partial charge is 0.711 e. The number of benzene rings is 1. The zero-order chi connectivity index (χ0) is 10.8. The Kier molecular flexibility index (Phi) is 2.29. The fourth-order valence-corrected chi connectivity index (χ4v) is 1.51. The molecule has 0 spiro atoms. The summed E-state index contributed by atoms with van der Waals surface area (Å²) in [7, 11) is 0. The van der Waals surface area contributed by atoms with Crippen LogP contribution in [0, 0.1) is 5.21 Å². The van der Waals surface area contributed by atoms with Crippen LogP contribution in [0.25, 0.3) is 10.9 Å². The summed E-state index contributed by atoms with van der Waals surface area (Å²) >= 11 is 0. The second-order valence-corrected chi connectivity index (χ2v) is 3.23. The van der Waals surface area contributed by atoms with Gasteiger partial charge in [-0.05, 0) is 24.0 Å². The maximum atomic E-state index is 11.1. The van der Waals surface area contributed by atoms with Gasteiger partial charge in [0.2, 0.25) is 5.52 Å². The summed E-state index contributed by atoms with van der Waals surface area (Å²) in [6, 6.07) is 3.63. The van der Waals surface area contributed by atoms with Gasteiger partial charge >= 0.3 is 0 Å². The van der Waals surface area contributed by atoms with Crippen LogP contribution < -0.4 is 15.8 Å². The van der Waals surface area contributed by atoms with E-state index in [1.54, 1.807) is 6.07 Å². The molecule has 0 amide bonds. The average molecular weight is 204 g/mol. The zero-order valence-corrected chi connectivity index (χ0v) is 8.40. The van der Waals surface area contributed by atoms with Crippen LogP contribution in [0.5, 0.6) is 0 Å². The van der Waals surface area contributed by atoms with Crippen molar-refractivity contribution in [2.24, 2.45) is 0 Å². The molecular formula is C10H12N4O. The fraction of sp³-hybridized carbons (Fsp3) is 0.200. The first-order valence-electron chi connectivity index (χ1n) is 4.73. The molecule has 0 fully saturated rings. The number of hydrogen-bond donors (Lipinski definition) is 2. The predicted molar refractivity (Wildman–Crippen MR) is 59.3 cm³/mol. The molecule has 0 bridgehead atoms. The molecule has 0 aliphatic carbocycles. The predicted octanol–water partition coefficient (Wildman–Crippen LogP) is 0.882. The fourth-order valence-electron chi connectivity index (χ4n) is 1.51. The highest BCUT2D eigenvalue weighted by Crippen LogP contribution is 2.24. The van der Waals surface area contributed by atoms with Crippen molar-refractivity contribution in [1.82, 2.24) is 4.98 Å². The Labute approximate surface area is 87.1 Å². The molecule has 5 heteroatoms. The van der Waals surface area contributed by atoms with Crippen LogP contribution >= 0.6 is 0 Å². The Bertz CT molecular complexity index is 498. The van der Waals surface area contributed by atoms with E-state index < -0.39 is 0 Å². The highest BCUT2D eigenvalue weighted by molar-refractivity contribution is 5.97. The maximum Gasteiger partial charge on any atom is 0.289 e. The lowest BCUT2D eigenvalue weighted by molar-refractivity contribution is -0.607. The van der Waals surface area contributed by atoms with E-state index in [1.165, 1.54) is 12.5 Å². The molecule has 15 heavy (non-hydrogen) atoms. The van der Waals surface area contributed by atoms with Crippen LogP contribution in [0.3, 0.4) is 0 Å². The molecule has 0 atom stereocenters. The van der Waals surface area contributed by atoms with E-state index >= 15 is 0 Å². The summed E-state index contributed by atoms with van der Waals surface area (Å²) in [5, 5.41) is 14.9. The standard InChI is InChI=1S/C10H12N4O/c1-2-12-9-4-3-8(11)7-5-14(15)6-13-10(7)9/h3-6,12H,2,11H2,1H3. The summed E-state index contributed by atoms with van der Waals surface area (Å²) in [5.74, 6) is 0. The summed E-state index contributed by atoms with van der Waals surface area (Å²) < 4.78 is 0.647. The number of nitrogen functional groups attached to an aromatic ring is 1. The molecule has 1 aromatic carbocycles. The van der Waals surface area contributed by atoms with Gasteiger partial charge in [0.25, 0.3) is 6.33 Å². The second-order valence-electron chi connectivity index (χ2n) is 3.23. The third-order valence-electron chi connectivity index (χ3n) is 2.18. The van der Waals surface area contributed by atoms with Crippen molar-refractivity contribution in [1.29, 1.82) is 0 Å². The van der Waals surface area contributed by atoms with Gasteiger partial charge in [0.05, 0.1) is 11.1 Å². The van der Waals surface area contributed by atoms with Crippen LogP contribution in [0.15, 0.2) is 24.7 Å². The van der Waals surface area contributed by atoms with E-state index in [0.717, 1.165) is 17.7 Å². The quantitative estimate of drug-likeness (QED) is 0.432. The Hall–Kier alpha value is -2.04. The number of nitrogens with zero attached hydrogens (tertiary/aromatic N) is 2. The van der Waals surface area contributed by atoms with Gasteiger partial charge in [-0.3, -0.25) is 0 Å². The van der Waals surface area contributed by atoms with Crippen molar-refractivity contribution >= 4 is 22.3 Å². The van der Waals surface area contributed by atoms with Gasteiger partial charge in [0.15, 0.2) is 0 Å². The van der Waals surface area contributed by atoms with Gasteiger partial charge in [0, 0.05) is 12.2 Å². The highest BCUT2D eigenvalue weighted by atomic mass is 16.5. The number of aromatic nitrogens is 2. The lowest BCUT2D eigenvalue weighted by atomic mass is 10.2. The van der Waals surface area contributed by atoms with Crippen LogP contribution in [-0.2, 0) is 0 Å². The minimum Gasteiger partial charge on any atom is -0.711 e. The molecule has 2 aromatic rings. The lowest BCUT2D eigenvalue weighted by Crippen LogP contribution is -2.25. The molecule has 2 rings (SSSR count). The van der Waals surface area contributed by atoms with Gasteiger partial charge in [-0.25, -0.2) is 4.73 Å². The molecule has 0 aliphatic rings.